The Hall–Kier alpha value is -0.900. The molecule has 1 N–H and O–H groups in total. The van der Waals surface area contributed by atoms with E-state index in [0.717, 1.165) is 26.2 Å². The molecule has 0 bridgehead atoms. The number of benzene rings is 1. The molecular formula is C18H28N2O. The van der Waals surface area contributed by atoms with Crippen LogP contribution in [0, 0.1) is 5.41 Å². The van der Waals surface area contributed by atoms with Gasteiger partial charge in [0.05, 0.1) is 6.61 Å². The van der Waals surface area contributed by atoms with E-state index in [1.54, 1.807) is 5.56 Å². The average molecular weight is 288 g/mol. The largest absolute Gasteiger partial charge is 0.384 e. The van der Waals surface area contributed by atoms with Gasteiger partial charge in [0.2, 0.25) is 0 Å². The van der Waals surface area contributed by atoms with E-state index in [1.807, 2.05) is 7.11 Å². The lowest BCUT2D eigenvalue weighted by atomic mass is 9.79. The average Bonchev–Trinajstić information content (AvgIpc) is 2.70. The molecule has 1 fully saturated rings. The second-order valence-corrected chi connectivity index (χ2v) is 6.77. The van der Waals surface area contributed by atoms with Crippen molar-refractivity contribution in [2.75, 3.05) is 39.9 Å². The highest BCUT2D eigenvalue weighted by Crippen LogP contribution is 2.32. The van der Waals surface area contributed by atoms with Crippen LogP contribution in [-0.4, -0.2) is 44.8 Å². The summed E-state index contributed by atoms with van der Waals surface area (Å²) in [5, 5.41) is 3.49. The van der Waals surface area contributed by atoms with Gasteiger partial charge in [-0.25, -0.2) is 0 Å². The van der Waals surface area contributed by atoms with Crippen molar-refractivity contribution in [2.24, 2.45) is 5.41 Å². The van der Waals surface area contributed by atoms with Crippen LogP contribution in [0.2, 0.25) is 0 Å². The van der Waals surface area contributed by atoms with Crippen LogP contribution in [-0.2, 0) is 17.7 Å². The first-order chi connectivity index (χ1) is 10.3. The second-order valence-electron chi connectivity index (χ2n) is 6.77. The Kier molecular flexibility index (Phi) is 4.94. The maximum Gasteiger partial charge on any atom is 0.0531 e. The smallest absolute Gasteiger partial charge is 0.0531 e. The minimum absolute atomic E-state index is 0.347. The van der Waals surface area contributed by atoms with Crippen molar-refractivity contribution in [3.63, 3.8) is 0 Å². The first-order valence-electron chi connectivity index (χ1n) is 8.30. The fraction of sp³-hybridized carbons (Fsp3) is 0.667. The fourth-order valence-corrected chi connectivity index (χ4v) is 3.99. The number of rotatable bonds is 4. The summed E-state index contributed by atoms with van der Waals surface area (Å²) in [7, 11) is 1.85. The molecule has 0 saturated carbocycles. The van der Waals surface area contributed by atoms with Crippen molar-refractivity contribution < 1.29 is 4.74 Å². The number of hydrogen-bond donors (Lipinski definition) is 1. The van der Waals surface area contributed by atoms with E-state index in [-0.39, 0.29) is 0 Å². The third-order valence-corrected chi connectivity index (χ3v) is 5.11. The van der Waals surface area contributed by atoms with E-state index in [0.29, 0.717) is 5.41 Å². The SMILES string of the molecule is COCC1(CN2CCCc3ccccc3C2)CCNCC1. The molecule has 21 heavy (non-hydrogen) atoms. The van der Waals surface area contributed by atoms with Crippen molar-refractivity contribution in [1.82, 2.24) is 10.2 Å². The van der Waals surface area contributed by atoms with Crippen molar-refractivity contribution in [2.45, 2.75) is 32.2 Å². The van der Waals surface area contributed by atoms with E-state index in [4.69, 9.17) is 4.74 Å². The quantitative estimate of drug-likeness (QED) is 0.921. The van der Waals surface area contributed by atoms with Gasteiger partial charge in [0.25, 0.3) is 0 Å². The molecule has 2 aliphatic rings. The number of methoxy groups -OCH3 is 1. The summed E-state index contributed by atoms with van der Waals surface area (Å²) in [4.78, 5) is 2.66. The summed E-state index contributed by atoms with van der Waals surface area (Å²) in [6.45, 7) is 6.66. The molecule has 0 radical (unpaired) electrons. The molecule has 116 valence electrons. The molecule has 2 heterocycles. The minimum Gasteiger partial charge on any atom is -0.384 e. The molecule has 3 rings (SSSR count). The maximum atomic E-state index is 5.57. The van der Waals surface area contributed by atoms with Crippen molar-refractivity contribution >= 4 is 0 Å². The van der Waals surface area contributed by atoms with Crippen LogP contribution in [0.1, 0.15) is 30.4 Å². The van der Waals surface area contributed by atoms with Crippen molar-refractivity contribution in [3.8, 4) is 0 Å². The van der Waals surface area contributed by atoms with Crippen LogP contribution in [0.3, 0.4) is 0 Å². The van der Waals surface area contributed by atoms with E-state index < -0.39 is 0 Å². The summed E-state index contributed by atoms with van der Waals surface area (Å²) in [5.74, 6) is 0. The van der Waals surface area contributed by atoms with Crippen LogP contribution in [0.5, 0.6) is 0 Å². The van der Waals surface area contributed by atoms with Gasteiger partial charge in [-0.3, -0.25) is 4.90 Å². The Bertz CT molecular complexity index is 449. The van der Waals surface area contributed by atoms with E-state index >= 15 is 0 Å². The Balaban J connectivity index is 1.71. The molecular weight excluding hydrogens is 260 g/mol. The number of nitrogens with zero attached hydrogens (tertiary/aromatic N) is 1. The van der Waals surface area contributed by atoms with Gasteiger partial charge in [-0.1, -0.05) is 24.3 Å². The molecule has 3 nitrogen and oxygen atoms in total. The van der Waals surface area contributed by atoms with Gasteiger partial charge in [0.1, 0.15) is 0 Å². The summed E-state index contributed by atoms with van der Waals surface area (Å²) < 4.78 is 5.57. The lowest BCUT2D eigenvalue weighted by Crippen LogP contribution is -2.47. The summed E-state index contributed by atoms with van der Waals surface area (Å²) in [6.07, 6.45) is 4.97. The summed E-state index contributed by atoms with van der Waals surface area (Å²) in [6, 6.07) is 8.96. The highest BCUT2D eigenvalue weighted by Gasteiger charge is 2.34. The highest BCUT2D eigenvalue weighted by molar-refractivity contribution is 5.28. The van der Waals surface area contributed by atoms with E-state index in [2.05, 4.69) is 34.5 Å². The Labute approximate surface area is 128 Å². The van der Waals surface area contributed by atoms with Crippen LogP contribution in [0.25, 0.3) is 0 Å². The Morgan fingerprint density at radius 3 is 2.71 bits per heavy atom. The Morgan fingerprint density at radius 1 is 1.19 bits per heavy atom. The zero-order chi connectivity index (χ0) is 14.5. The topological polar surface area (TPSA) is 24.5 Å². The second kappa shape index (κ2) is 6.91. The monoisotopic (exact) mass is 288 g/mol. The fourth-order valence-electron chi connectivity index (χ4n) is 3.99. The van der Waals surface area contributed by atoms with Gasteiger partial charge in [0, 0.05) is 25.6 Å². The lowest BCUT2D eigenvalue weighted by Gasteiger charge is -2.40. The predicted octanol–water partition coefficient (Wildman–Crippen LogP) is 2.45. The molecule has 1 aromatic carbocycles. The number of aryl methyl sites for hydroxylation is 1. The Morgan fingerprint density at radius 2 is 1.95 bits per heavy atom. The zero-order valence-corrected chi connectivity index (χ0v) is 13.2. The normalized spacial score (nSPS) is 22.5. The molecule has 0 aliphatic carbocycles. The first kappa shape index (κ1) is 15.0. The molecule has 0 aromatic heterocycles. The van der Waals surface area contributed by atoms with E-state index in [1.165, 1.54) is 44.3 Å². The van der Waals surface area contributed by atoms with Crippen LogP contribution >= 0.6 is 0 Å². The maximum absolute atomic E-state index is 5.57. The number of fused-ring (bicyclic) bond motifs is 1. The molecule has 0 atom stereocenters. The summed E-state index contributed by atoms with van der Waals surface area (Å²) >= 11 is 0. The minimum atomic E-state index is 0.347. The number of nitrogens with one attached hydrogen (secondary N) is 1. The van der Waals surface area contributed by atoms with Crippen molar-refractivity contribution in [3.05, 3.63) is 35.4 Å². The number of ether oxygens (including phenoxy) is 1. The van der Waals surface area contributed by atoms with Gasteiger partial charge < -0.3 is 10.1 Å². The van der Waals surface area contributed by atoms with Gasteiger partial charge >= 0.3 is 0 Å². The van der Waals surface area contributed by atoms with Crippen LogP contribution in [0.15, 0.2) is 24.3 Å². The molecule has 0 unspecified atom stereocenters. The summed E-state index contributed by atoms with van der Waals surface area (Å²) in [5.41, 5.74) is 3.42. The van der Waals surface area contributed by atoms with Gasteiger partial charge in [-0.2, -0.15) is 0 Å². The third-order valence-electron chi connectivity index (χ3n) is 5.11. The molecule has 0 spiro atoms. The van der Waals surface area contributed by atoms with Gasteiger partial charge in [-0.15, -0.1) is 0 Å². The molecule has 2 aliphatic heterocycles. The van der Waals surface area contributed by atoms with Crippen LogP contribution in [0.4, 0.5) is 0 Å². The van der Waals surface area contributed by atoms with Gasteiger partial charge in [-0.05, 0) is 56.4 Å². The predicted molar refractivity (Wildman–Crippen MR) is 86.5 cm³/mol. The number of hydrogen-bond acceptors (Lipinski definition) is 3. The van der Waals surface area contributed by atoms with Crippen molar-refractivity contribution in [1.29, 1.82) is 0 Å². The first-order valence-corrected chi connectivity index (χ1v) is 8.30. The molecule has 3 heteroatoms. The molecule has 0 amide bonds. The molecule has 1 aromatic rings. The van der Waals surface area contributed by atoms with Gasteiger partial charge in [0.15, 0.2) is 0 Å². The van der Waals surface area contributed by atoms with Crippen LogP contribution < -0.4 is 5.32 Å². The lowest BCUT2D eigenvalue weighted by molar-refractivity contribution is 0.0206. The molecule has 1 saturated heterocycles. The van der Waals surface area contributed by atoms with E-state index in [9.17, 15) is 0 Å². The number of piperidine rings is 1. The standard InChI is InChI=1S/C18H28N2O/c1-21-15-18(8-10-19-11-9-18)14-20-12-4-7-16-5-2-3-6-17(16)13-20/h2-3,5-6,19H,4,7-15H2,1H3. The zero-order valence-electron chi connectivity index (χ0n) is 13.2. The highest BCUT2D eigenvalue weighted by atomic mass is 16.5. The third kappa shape index (κ3) is 3.65.